The number of fused-ring (bicyclic) bond motifs is 5. The Morgan fingerprint density at radius 1 is 0.929 bits per heavy atom. The van der Waals surface area contributed by atoms with Crippen LogP contribution < -0.4 is 0 Å². The van der Waals surface area contributed by atoms with Gasteiger partial charge in [0.1, 0.15) is 24.4 Å². The van der Waals surface area contributed by atoms with E-state index < -0.39 is 43.4 Å². The van der Waals surface area contributed by atoms with Gasteiger partial charge in [-0.05, 0) is 104 Å². The standard InChI is InChI=1S/C35H60O7/c1-7-21(19(2)3)9-8-20(4)24-10-11-25-29-26(13-15-35(24,25)6)34(5)14-12-23(16-22(34)17-27(29)37)41-33-32(40)31(39)30(38)28(18-36)42-33/h17,19-21,23-33,36-40H,7-16,18H2,1-6H3/t20-,21-,23+,24-,25+,26+,27?,28-,29+,30-,31+,32-,33-,34+,35-/m1/s1. The molecule has 0 aromatic carbocycles. The van der Waals surface area contributed by atoms with Crippen LogP contribution in [0.3, 0.4) is 0 Å². The van der Waals surface area contributed by atoms with E-state index in [1.165, 1.54) is 44.1 Å². The van der Waals surface area contributed by atoms with Gasteiger partial charge in [0.05, 0.1) is 18.8 Å². The summed E-state index contributed by atoms with van der Waals surface area (Å²) in [6, 6.07) is 0. The van der Waals surface area contributed by atoms with Crippen LogP contribution in [-0.4, -0.2) is 75.1 Å². The van der Waals surface area contributed by atoms with Gasteiger partial charge in [-0.2, -0.15) is 0 Å². The van der Waals surface area contributed by atoms with Crippen LogP contribution in [0.1, 0.15) is 106 Å². The number of hydrogen-bond acceptors (Lipinski definition) is 7. The Balaban J connectivity index is 1.27. The van der Waals surface area contributed by atoms with Crippen molar-refractivity contribution < 1.29 is 35.0 Å². The smallest absolute Gasteiger partial charge is 0.186 e. The molecule has 1 heterocycles. The summed E-state index contributed by atoms with van der Waals surface area (Å²) < 4.78 is 11.8. The molecule has 242 valence electrons. The summed E-state index contributed by atoms with van der Waals surface area (Å²) in [6.45, 7) is 14.1. The number of hydrogen-bond donors (Lipinski definition) is 5. The van der Waals surface area contributed by atoms with E-state index in [1.54, 1.807) is 0 Å². The summed E-state index contributed by atoms with van der Waals surface area (Å²) >= 11 is 0. The van der Waals surface area contributed by atoms with E-state index in [1.807, 2.05) is 0 Å². The minimum atomic E-state index is -1.44. The van der Waals surface area contributed by atoms with Crippen LogP contribution in [0.5, 0.6) is 0 Å². The van der Waals surface area contributed by atoms with Crippen molar-refractivity contribution >= 4 is 0 Å². The van der Waals surface area contributed by atoms with Gasteiger partial charge in [0.25, 0.3) is 0 Å². The zero-order valence-corrected chi connectivity index (χ0v) is 27.0. The van der Waals surface area contributed by atoms with Crippen molar-refractivity contribution in [2.24, 2.45) is 52.3 Å². The average Bonchev–Trinajstić information content (AvgIpc) is 3.31. The summed E-state index contributed by atoms with van der Waals surface area (Å²) in [5.41, 5.74) is 1.57. The van der Waals surface area contributed by atoms with E-state index in [4.69, 9.17) is 9.47 Å². The molecule has 7 heteroatoms. The Bertz CT molecular complexity index is 952. The third-order valence-electron chi connectivity index (χ3n) is 13.5. The van der Waals surface area contributed by atoms with Crippen LogP contribution in [0.2, 0.25) is 0 Å². The fourth-order valence-electron chi connectivity index (χ4n) is 10.8. The molecule has 0 aromatic rings. The predicted octanol–water partition coefficient (Wildman–Crippen LogP) is 4.82. The molecular weight excluding hydrogens is 532 g/mol. The molecule has 5 rings (SSSR count). The number of ether oxygens (including phenoxy) is 2. The molecule has 0 radical (unpaired) electrons. The fourth-order valence-corrected chi connectivity index (χ4v) is 10.8. The zero-order chi connectivity index (χ0) is 30.6. The van der Waals surface area contributed by atoms with Gasteiger partial charge < -0.3 is 35.0 Å². The minimum Gasteiger partial charge on any atom is -0.394 e. The van der Waals surface area contributed by atoms with E-state index >= 15 is 0 Å². The molecule has 0 spiro atoms. The monoisotopic (exact) mass is 592 g/mol. The molecule has 1 aliphatic heterocycles. The van der Waals surface area contributed by atoms with Crippen LogP contribution in [-0.2, 0) is 9.47 Å². The molecular formula is C35H60O7. The van der Waals surface area contributed by atoms with Crippen LogP contribution in [0.25, 0.3) is 0 Å². The molecule has 5 N–H and O–H groups in total. The number of rotatable bonds is 9. The van der Waals surface area contributed by atoms with Crippen molar-refractivity contribution in [1.29, 1.82) is 0 Å². The molecule has 4 fully saturated rings. The third kappa shape index (κ3) is 5.67. The largest absolute Gasteiger partial charge is 0.394 e. The maximum absolute atomic E-state index is 11.7. The normalized spacial score (nSPS) is 48.7. The second-order valence-electron chi connectivity index (χ2n) is 15.8. The van der Waals surface area contributed by atoms with Crippen molar-refractivity contribution in [1.82, 2.24) is 0 Å². The summed E-state index contributed by atoms with van der Waals surface area (Å²) in [4.78, 5) is 0. The van der Waals surface area contributed by atoms with Gasteiger partial charge in [-0.25, -0.2) is 0 Å². The molecule has 3 saturated carbocycles. The van der Waals surface area contributed by atoms with E-state index in [2.05, 4.69) is 47.6 Å². The molecule has 0 amide bonds. The molecule has 0 aromatic heterocycles. The summed E-state index contributed by atoms with van der Waals surface area (Å²) in [5, 5.41) is 52.1. The van der Waals surface area contributed by atoms with Gasteiger partial charge in [0.2, 0.25) is 0 Å². The Morgan fingerprint density at radius 3 is 2.33 bits per heavy atom. The quantitative estimate of drug-likeness (QED) is 0.244. The first-order chi connectivity index (χ1) is 19.8. The predicted molar refractivity (Wildman–Crippen MR) is 162 cm³/mol. The maximum atomic E-state index is 11.7. The highest BCUT2D eigenvalue weighted by Gasteiger charge is 2.61. The molecule has 7 nitrogen and oxygen atoms in total. The summed E-state index contributed by atoms with van der Waals surface area (Å²) in [6.07, 6.45) is 6.41. The van der Waals surface area contributed by atoms with E-state index in [0.717, 1.165) is 42.9 Å². The van der Waals surface area contributed by atoms with Crippen molar-refractivity contribution in [3.05, 3.63) is 11.6 Å². The van der Waals surface area contributed by atoms with Crippen LogP contribution in [0.15, 0.2) is 11.6 Å². The molecule has 5 aliphatic rings. The molecule has 1 saturated heterocycles. The van der Waals surface area contributed by atoms with Crippen LogP contribution >= 0.6 is 0 Å². The average molecular weight is 593 g/mol. The third-order valence-corrected chi connectivity index (χ3v) is 13.5. The lowest BCUT2D eigenvalue weighted by molar-refractivity contribution is -0.313. The Morgan fingerprint density at radius 2 is 1.67 bits per heavy atom. The van der Waals surface area contributed by atoms with Crippen molar-refractivity contribution in [2.45, 2.75) is 149 Å². The van der Waals surface area contributed by atoms with Crippen molar-refractivity contribution in [2.75, 3.05) is 6.61 Å². The first kappa shape index (κ1) is 32.8. The lowest BCUT2D eigenvalue weighted by Crippen LogP contribution is -2.60. The molecule has 0 bridgehead atoms. The second-order valence-corrected chi connectivity index (χ2v) is 15.8. The Labute approximate surface area is 254 Å². The first-order valence-corrected chi connectivity index (χ1v) is 17.2. The zero-order valence-electron chi connectivity index (χ0n) is 27.0. The van der Waals surface area contributed by atoms with Gasteiger partial charge in [-0.3, -0.25) is 0 Å². The maximum Gasteiger partial charge on any atom is 0.186 e. The van der Waals surface area contributed by atoms with E-state index in [0.29, 0.717) is 29.6 Å². The molecule has 42 heavy (non-hydrogen) atoms. The highest BCUT2D eigenvalue weighted by atomic mass is 16.7. The topological polar surface area (TPSA) is 120 Å². The second kappa shape index (κ2) is 12.7. The number of aliphatic hydroxyl groups excluding tert-OH is 5. The van der Waals surface area contributed by atoms with Crippen LogP contribution in [0.4, 0.5) is 0 Å². The Kier molecular flexibility index (Phi) is 9.92. The van der Waals surface area contributed by atoms with Gasteiger partial charge in [-0.1, -0.05) is 66.0 Å². The highest BCUT2D eigenvalue weighted by Crippen LogP contribution is 2.67. The summed E-state index contributed by atoms with van der Waals surface area (Å²) in [5.74, 6) is 4.35. The van der Waals surface area contributed by atoms with Gasteiger partial charge in [0, 0.05) is 0 Å². The van der Waals surface area contributed by atoms with Gasteiger partial charge in [0.15, 0.2) is 6.29 Å². The first-order valence-electron chi connectivity index (χ1n) is 17.2. The highest BCUT2D eigenvalue weighted by molar-refractivity contribution is 5.28. The lowest BCUT2D eigenvalue weighted by Gasteiger charge is -2.59. The van der Waals surface area contributed by atoms with Crippen molar-refractivity contribution in [3.63, 3.8) is 0 Å². The van der Waals surface area contributed by atoms with Crippen molar-refractivity contribution in [3.8, 4) is 0 Å². The number of aliphatic hydroxyl groups is 5. The van der Waals surface area contributed by atoms with Crippen LogP contribution in [0, 0.1) is 52.3 Å². The molecule has 1 unspecified atom stereocenters. The molecule has 4 aliphatic carbocycles. The SMILES string of the molecule is CC[C@H](CC[C@@H](C)[C@H]1CC[C@H]2[C@@H]3C(O)C=C4C[C@@H](O[C@@H]5O[C@H](CO)[C@@H](O)[C@H](O)[C@H]5O)CC[C@]4(C)[C@H]3CC[C@]12C)C(C)C. The summed E-state index contributed by atoms with van der Waals surface area (Å²) in [7, 11) is 0. The minimum absolute atomic E-state index is 0.0236. The fraction of sp³-hybridized carbons (Fsp3) is 0.943. The molecule has 15 atom stereocenters. The lowest BCUT2D eigenvalue weighted by atomic mass is 9.46. The van der Waals surface area contributed by atoms with E-state index in [9.17, 15) is 25.5 Å². The Hall–Kier alpha value is -0.540. The van der Waals surface area contributed by atoms with Gasteiger partial charge >= 0.3 is 0 Å². The van der Waals surface area contributed by atoms with Gasteiger partial charge in [-0.15, -0.1) is 0 Å². The van der Waals surface area contributed by atoms with E-state index in [-0.39, 0.29) is 11.5 Å².